The summed E-state index contributed by atoms with van der Waals surface area (Å²) in [4.78, 5) is 26.3. The van der Waals surface area contributed by atoms with Crippen LogP contribution < -0.4 is 5.32 Å². The number of aliphatic hydroxyl groups excluding tert-OH is 1. The number of hydrogen-bond acceptors (Lipinski definition) is 3. The minimum Gasteiger partial charge on any atom is -0.393 e. The summed E-state index contributed by atoms with van der Waals surface area (Å²) < 4.78 is 0. The van der Waals surface area contributed by atoms with Crippen LogP contribution >= 0.6 is 0 Å². The Balaban J connectivity index is 1.73. The first-order valence-corrected chi connectivity index (χ1v) is 8.32. The molecule has 1 fully saturated rings. The van der Waals surface area contributed by atoms with Crippen LogP contribution in [0.1, 0.15) is 19.8 Å². The molecule has 1 aliphatic heterocycles. The molecule has 2 unspecified atom stereocenters. The highest BCUT2D eigenvalue weighted by Gasteiger charge is 2.29. The fourth-order valence-corrected chi connectivity index (χ4v) is 3.24. The van der Waals surface area contributed by atoms with E-state index in [0.29, 0.717) is 18.8 Å². The SMILES string of the molecule is CC(O)C1CCCN(C(=O)C(=O)Nc2cccc3ccccc23)C1. The first kappa shape index (κ1) is 16.5. The maximum absolute atomic E-state index is 12.4. The van der Waals surface area contributed by atoms with Crippen molar-refractivity contribution in [3.8, 4) is 0 Å². The molecule has 2 atom stereocenters. The monoisotopic (exact) mass is 326 g/mol. The lowest BCUT2D eigenvalue weighted by Crippen LogP contribution is -2.47. The van der Waals surface area contributed by atoms with Gasteiger partial charge in [-0.3, -0.25) is 9.59 Å². The van der Waals surface area contributed by atoms with E-state index >= 15 is 0 Å². The average molecular weight is 326 g/mol. The lowest BCUT2D eigenvalue weighted by atomic mass is 9.93. The smallest absolute Gasteiger partial charge is 0.313 e. The van der Waals surface area contributed by atoms with Crippen LogP contribution in [0.5, 0.6) is 0 Å². The highest BCUT2D eigenvalue weighted by atomic mass is 16.3. The predicted octanol–water partition coefficient (Wildman–Crippen LogP) is 2.40. The molecule has 2 aromatic rings. The summed E-state index contributed by atoms with van der Waals surface area (Å²) in [5.41, 5.74) is 0.635. The van der Waals surface area contributed by atoms with Crippen molar-refractivity contribution in [2.75, 3.05) is 18.4 Å². The van der Waals surface area contributed by atoms with Gasteiger partial charge < -0.3 is 15.3 Å². The minimum absolute atomic E-state index is 0.0352. The van der Waals surface area contributed by atoms with Crippen molar-refractivity contribution in [3.05, 3.63) is 42.5 Å². The van der Waals surface area contributed by atoms with Gasteiger partial charge in [0, 0.05) is 30.1 Å². The molecule has 0 radical (unpaired) electrons. The second-order valence-corrected chi connectivity index (χ2v) is 6.37. The molecular weight excluding hydrogens is 304 g/mol. The van der Waals surface area contributed by atoms with Gasteiger partial charge in [0.1, 0.15) is 0 Å². The molecule has 3 rings (SSSR count). The van der Waals surface area contributed by atoms with Gasteiger partial charge in [-0.15, -0.1) is 0 Å². The molecule has 1 heterocycles. The fraction of sp³-hybridized carbons (Fsp3) is 0.368. The molecule has 126 valence electrons. The number of aliphatic hydroxyl groups is 1. The van der Waals surface area contributed by atoms with Gasteiger partial charge >= 0.3 is 11.8 Å². The van der Waals surface area contributed by atoms with Crippen molar-refractivity contribution in [1.82, 2.24) is 4.90 Å². The highest BCUT2D eigenvalue weighted by Crippen LogP contribution is 2.24. The number of nitrogens with zero attached hydrogens (tertiary/aromatic N) is 1. The third kappa shape index (κ3) is 3.41. The number of anilines is 1. The lowest BCUT2D eigenvalue weighted by Gasteiger charge is -2.33. The summed E-state index contributed by atoms with van der Waals surface area (Å²) in [6.07, 6.45) is 1.22. The largest absolute Gasteiger partial charge is 0.393 e. The van der Waals surface area contributed by atoms with Crippen LogP contribution in [0.15, 0.2) is 42.5 Å². The van der Waals surface area contributed by atoms with Crippen molar-refractivity contribution < 1.29 is 14.7 Å². The number of nitrogens with one attached hydrogen (secondary N) is 1. The molecule has 0 bridgehead atoms. The van der Waals surface area contributed by atoms with Crippen LogP contribution in [0.4, 0.5) is 5.69 Å². The van der Waals surface area contributed by atoms with Gasteiger partial charge in [0.05, 0.1) is 6.10 Å². The fourth-order valence-electron chi connectivity index (χ4n) is 3.24. The quantitative estimate of drug-likeness (QED) is 0.833. The highest BCUT2D eigenvalue weighted by molar-refractivity contribution is 6.40. The molecule has 0 aliphatic carbocycles. The number of benzene rings is 2. The summed E-state index contributed by atoms with van der Waals surface area (Å²) >= 11 is 0. The van der Waals surface area contributed by atoms with Crippen LogP contribution in [0.25, 0.3) is 10.8 Å². The van der Waals surface area contributed by atoms with E-state index in [0.717, 1.165) is 23.6 Å². The zero-order valence-corrected chi connectivity index (χ0v) is 13.7. The van der Waals surface area contributed by atoms with E-state index in [9.17, 15) is 14.7 Å². The third-order valence-corrected chi connectivity index (χ3v) is 4.66. The number of rotatable bonds is 2. The Morgan fingerprint density at radius 1 is 1.21 bits per heavy atom. The normalized spacial score (nSPS) is 19.1. The minimum atomic E-state index is -0.627. The lowest BCUT2D eigenvalue weighted by molar-refractivity contribution is -0.144. The number of piperidine rings is 1. The van der Waals surface area contributed by atoms with Crippen LogP contribution in [0.2, 0.25) is 0 Å². The molecule has 2 N–H and O–H groups in total. The van der Waals surface area contributed by atoms with Crippen LogP contribution in [-0.2, 0) is 9.59 Å². The van der Waals surface area contributed by atoms with Gasteiger partial charge in [0.25, 0.3) is 0 Å². The Morgan fingerprint density at radius 2 is 1.96 bits per heavy atom. The second-order valence-electron chi connectivity index (χ2n) is 6.37. The van der Waals surface area contributed by atoms with Crippen molar-refractivity contribution in [2.24, 2.45) is 5.92 Å². The number of carbonyl (C=O) groups is 2. The summed E-state index contributed by atoms with van der Waals surface area (Å²) in [5.74, 6) is -1.13. The van der Waals surface area contributed by atoms with Crippen molar-refractivity contribution in [3.63, 3.8) is 0 Å². The van der Waals surface area contributed by atoms with Crippen molar-refractivity contribution in [2.45, 2.75) is 25.9 Å². The van der Waals surface area contributed by atoms with Gasteiger partial charge in [-0.2, -0.15) is 0 Å². The van der Waals surface area contributed by atoms with Crippen molar-refractivity contribution >= 4 is 28.3 Å². The van der Waals surface area contributed by atoms with E-state index in [4.69, 9.17) is 0 Å². The van der Waals surface area contributed by atoms with E-state index in [2.05, 4.69) is 5.32 Å². The number of likely N-dealkylation sites (tertiary alicyclic amines) is 1. The first-order chi connectivity index (χ1) is 11.6. The molecule has 2 aromatic carbocycles. The molecule has 0 aromatic heterocycles. The summed E-state index contributed by atoms with van der Waals surface area (Å²) in [7, 11) is 0. The Bertz CT molecular complexity index is 752. The van der Waals surface area contributed by atoms with Crippen LogP contribution in [0, 0.1) is 5.92 Å². The topological polar surface area (TPSA) is 69.6 Å². The van der Waals surface area contributed by atoms with E-state index < -0.39 is 17.9 Å². The summed E-state index contributed by atoms with van der Waals surface area (Å²) in [6.45, 7) is 2.72. The maximum atomic E-state index is 12.4. The van der Waals surface area contributed by atoms with E-state index in [1.807, 2.05) is 36.4 Å². The first-order valence-electron chi connectivity index (χ1n) is 8.32. The Labute approximate surface area is 141 Å². The van der Waals surface area contributed by atoms with Crippen LogP contribution in [0.3, 0.4) is 0 Å². The number of amides is 2. The zero-order chi connectivity index (χ0) is 17.1. The van der Waals surface area contributed by atoms with Gasteiger partial charge in [-0.05, 0) is 31.2 Å². The van der Waals surface area contributed by atoms with Gasteiger partial charge in [-0.25, -0.2) is 0 Å². The molecule has 2 amide bonds. The molecule has 24 heavy (non-hydrogen) atoms. The Hall–Kier alpha value is -2.40. The van der Waals surface area contributed by atoms with E-state index in [1.54, 1.807) is 17.9 Å². The molecule has 1 saturated heterocycles. The number of hydrogen-bond donors (Lipinski definition) is 2. The second kappa shape index (κ2) is 7.01. The molecular formula is C19H22N2O3. The van der Waals surface area contributed by atoms with Gasteiger partial charge in [-0.1, -0.05) is 36.4 Å². The molecule has 1 aliphatic rings. The standard InChI is InChI=1S/C19H22N2O3/c1-13(22)15-8-5-11-21(12-15)19(24)18(23)20-17-10-4-7-14-6-2-3-9-16(14)17/h2-4,6-7,9-10,13,15,22H,5,8,11-12H2,1H3,(H,20,23). The van der Waals surface area contributed by atoms with E-state index in [-0.39, 0.29) is 5.92 Å². The molecule has 5 nitrogen and oxygen atoms in total. The Morgan fingerprint density at radius 3 is 2.75 bits per heavy atom. The van der Waals surface area contributed by atoms with Crippen molar-refractivity contribution in [1.29, 1.82) is 0 Å². The molecule has 0 saturated carbocycles. The predicted molar refractivity (Wildman–Crippen MR) is 93.6 cm³/mol. The van der Waals surface area contributed by atoms with Gasteiger partial charge in [0.15, 0.2) is 0 Å². The average Bonchev–Trinajstić information content (AvgIpc) is 2.61. The third-order valence-electron chi connectivity index (χ3n) is 4.66. The number of fused-ring (bicyclic) bond motifs is 1. The van der Waals surface area contributed by atoms with E-state index in [1.165, 1.54) is 0 Å². The number of carbonyl (C=O) groups excluding carboxylic acids is 2. The zero-order valence-electron chi connectivity index (χ0n) is 13.7. The maximum Gasteiger partial charge on any atom is 0.313 e. The summed E-state index contributed by atoms with van der Waals surface area (Å²) in [5, 5.41) is 14.4. The van der Waals surface area contributed by atoms with Gasteiger partial charge in [0.2, 0.25) is 0 Å². The molecule has 0 spiro atoms. The Kier molecular flexibility index (Phi) is 4.81. The van der Waals surface area contributed by atoms with Crippen LogP contribution in [-0.4, -0.2) is 41.0 Å². The summed E-state index contributed by atoms with van der Waals surface area (Å²) in [6, 6.07) is 13.3. The molecule has 5 heteroatoms.